The van der Waals surface area contributed by atoms with Gasteiger partial charge >= 0.3 is 5.97 Å². The first-order chi connectivity index (χ1) is 17.4. The number of Topliss-reactive ketones (excluding diaryl/α,β-unsaturated/α-hetero) is 1. The minimum atomic E-state index is -1.11. The largest absolute Gasteiger partial charge is 0.466 e. The van der Waals surface area contributed by atoms with Crippen LogP contribution < -0.4 is 10.5 Å². The van der Waals surface area contributed by atoms with Crippen molar-refractivity contribution in [3.63, 3.8) is 0 Å². The fraction of sp³-hybridized carbons (Fsp3) is 0.192. The van der Waals surface area contributed by atoms with Crippen molar-refractivity contribution >= 4 is 40.5 Å². The summed E-state index contributed by atoms with van der Waals surface area (Å²) in [6.45, 7) is 1.82. The minimum absolute atomic E-state index is 0.00468. The first kappa shape index (κ1) is 24.9. The van der Waals surface area contributed by atoms with Crippen LogP contribution in [0.1, 0.15) is 28.5 Å². The summed E-state index contributed by atoms with van der Waals surface area (Å²) < 4.78 is 12.3. The smallest absolute Gasteiger partial charge is 0.343 e. The van der Waals surface area contributed by atoms with Crippen molar-refractivity contribution in [3.05, 3.63) is 77.5 Å². The SMILES string of the molecule is CCc1c(C(=O)C(N)=O)c2c(OCC(=O)OC)nc(Sc3ccccc3)nc2n1Cc1ccccc1. The Morgan fingerprint density at radius 1 is 1.00 bits per heavy atom. The van der Waals surface area contributed by atoms with E-state index < -0.39 is 24.3 Å². The lowest BCUT2D eigenvalue weighted by molar-refractivity contribution is -0.143. The number of carbonyl (C=O) groups is 3. The molecule has 0 radical (unpaired) electrons. The number of ketones is 1. The summed E-state index contributed by atoms with van der Waals surface area (Å²) in [6.07, 6.45) is 0.412. The third-order valence-corrected chi connectivity index (χ3v) is 6.31. The molecular weight excluding hydrogens is 480 g/mol. The van der Waals surface area contributed by atoms with E-state index >= 15 is 0 Å². The highest BCUT2D eigenvalue weighted by molar-refractivity contribution is 7.99. The first-order valence-corrected chi connectivity index (χ1v) is 12.0. The molecular formula is C26H24N4O5S. The molecule has 0 aliphatic rings. The quantitative estimate of drug-likeness (QED) is 0.151. The topological polar surface area (TPSA) is 126 Å². The number of hydrogen-bond acceptors (Lipinski definition) is 8. The third-order valence-electron chi connectivity index (χ3n) is 5.43. The van der Waals surface area contributed by atoms with Gasteiger partial charge in [0.05, 0.1) is 18.1 Å². The van der Waals surface area contributed by atoms with Gasteiger partial charge in [-0.1, -0.05) is 55.5 Å². The number of nitrogens with two attached hydrogens (primary N) is 1. The predicted octanol–water partition coefficient (Wildman–Crippen LogP) is 3.41. The molecule has 0 spiro atoms. The van der Waals surface area contributed by atoms with Gasteiger partial charge in [-0.25, -0.2) is 9.78 Å². The van der Waals surface area contributed by atoms with E-state index in [1.807, 2.05) is 72.2 Å². The average Bonchev–Trinajstić information content (AvgIpc) is 3.20. The maximum Gasteiger partial charge on any atom is 0.343 e. The zero-order chi connectivity index (χ0) is 25.7. The standard InChI is InChI=1S/C26H24N4O5S/c1-3-18-20(22(32)23(27)33)21-24(30(18)14-16-10-6-4-7-11-16)28-26(36-17-12-8-5-9-13-17)29-25(21)35-15-19(31)34-2/h4-13H,3,14-15H2,1-2H3,(H2,27,33). The Balaban J connectivity index is 1.98. The number of primary amides is 1. The summed E-state index contributed by atoms with van der Waals surface area (Å²) in [5, 5.41) is 0.578. The fourth-order valence-corrected chi connectivity index (χ4v) is 4.60. The van der Waals surface area contributed by atoms with Crippen molar-refractivity contribution in [3.8, 4) is 5.88 Å². The number of ether oxygens (including phenoxy) is 2. The van der Waals surface area contributed by atoms with E-state index in [1.165, 1.54) is 18.9 Å². The molecule has 2 aromatic carbocycles. The zero-order valence-electron chi connectivity index (χ0n) is 19.8. The average molecular weight is 505 g/mol. The van der Waals surface area contributed by atoms with Gasteiger partial charge in [0.25, 0.3) is 11.7 Å². The number of esters is 1. The van der Waals surface area contributed by atoms with E-state index in [2.05, 4.69) is 4.98 Å². The number of amides is 1. The molecule has 0 fully saturated rings. The van der Waals surface area contributed by atoms with Crippen molar-refractivity contribution < 1.29 is 23.9 Å². The van der Waals surface area contributed by atoms with Crippen molar-refractivity contribution in [1.82, 2.24) is 14.5 Å². The molecule has 0 saturated heterocycles. The highest BCUT2D eigenvalue weighted by Crippen LogP contribution is 2.36. The van der Waals surface area contributed by atoms with E-state index in [1.54, 1.807) is 0 Å². The van der Waals surface area contributed by atoms with Crippen LogP contribution in [0.5, 0.6) is 5.88 Å². The van der Waals surface area contributed by atoms with Crippen LogP contribution in [-0.2, 0) is 27.3 Å². The van der Waals surface area contributed by atoms with Gasteiger partial charge in [0.2, 0.25) is 5.88 Å². The highest BCUT2D eigenvalue weighted by atomic mass is 32.2. The number of fused-ring (bicyclic) bond motifs is 1. The summed E-state index contributed by atoms with van der Waals surface area (Å²) in [4.78, 5) is 47.1. The molecule has 4 aromatic rings. The number of benzene rings is 2. The van der Waals surface area contributed by atoms with E-state index in [4.69, 9.17) is 20.2 Å². The van der Waals surface area contributed by atoms with Crippen molar-refractivity contribution in [2.24, 2.45) is 5.73 Å². The summed E-state index contributed by atoms with van der Waals surface area (Å²) >= 11 is 1.30. The number of hydrogen-bond donors (Lipinski definition) is 1. The second kappa shape index (κ2) is 11.0. The molecule has 10 heteroatoms. The lowest BCUT2D eigenvalue weighted by Crippen LogP contribution is -2.24. The number of carbonyl (C=O) groups excluding carboxylic acids is 3. The molecule has 0 atom stereocenters. The van der Waals surface area contributed by atoms with Crippen LogP contribution in [-0.4, -0.2) is 45.9 Å². The zero-order valence-corrected chi connectivity index (χ0v) is 20.6. The van der Waals surface area contributed by atoms with Crippen molar-refractivity contribution in [1.29, 1.82) is 0 Å². The normalized spacial score (nSPS) is 10.8. The lowest BCUT2D eigenvalue weighted by atomic mass is 10.1. The molecule has 0 saturated carbocycles. The van der Waals surface area contributed by atoms with E-state index in [0.717, 1.165) is 10.5 Å². The van der Waals surface area contributed by atoms with E-state index in [0.29, 0.717) is 29.5 Å². The molecule has 0 bridgehead atoms. The van der Waals surface area contributed by atoms with Crippen LogP contribution in [0.4, 0.5) is 0 Å². The van der Waals surface area contributed by atoms with Gasteiger partial charge in [-0.3, -0.25) is 9.59 Å². The molecule has 184 valence electrons. The highest BCUT2D eigenvalue weighted by Gasteiger charge is 2.30. The van der Waals surface area contributed by atoms with Gasteiger partial charge < -0.3 is 19.8 Å². The second-order valence-corrected chi connectivity index (χ2v) is 8.77. The van der Waals surface area contributed by atoms with Crippen LogP contribution in [0, 0.1) is 0 Å². The minimum Gasteiger partial charge on any atom is -0.466 e. The molecule has 0 unspecified atom stereocenters. The van der Waals surface area contributed by atoms with Crippen molar-refractivity contribution in [2.45, 2.75) is 29.9 Å². The molecule has 0 aliphatic heterocycles. The van der Waals surface area contributed by atoms with E-state index in [9.17, 15) is 14.4 Å². The van der Waals surface area contributed by atoms with Crippen LogP contribution in [0.2, 0.25) is 0 Å². The van der Waals surface area contributed by atoms with Gasteiger partial charge in [0.1, 0.15) is 5.65 Å². The van der Waals surface area contributed by atoms with Gasteiger partial charge in [0, 0.05) is 17.1 Å². The summed E-state index contributed by atoms with van der Waals surface area (Å²) in [5.74, 6) is -2.61. The first-order valence-electron chi connectivity index (χ1n) is 11.2. The molecule has 2 aromatic heterocycles. The Bertz CT molecular complexity index is 1420. The molecule has 36 heavy (non-hydrogen) atoms. The molecule has 2 N–H and O–H groups in total. The Labute approximate surface area is 211 Å². The van der Waals surface area contributed by atoms with Gasteiger partial charge in [-0.05, 0) is 35.9 Å². The molecule has 4 rings (SSSR count). The fourth-order valence-electron chi connectivity index (χ4n) is 3.83. The summed E-state index contributed by atoms with van der Waals surface area (Å²) in [7, 11) is 1.24. The number of nitrogens with zero attached hydrogens (tertiary/aromatic N) is 3. The third kappa shape index (κ3) is 5.23. The molecule has 0 aliphatic carbocycles. The van der Waals surface area contributed by atoms with Crippen LogP contribution in [0.15, 0.2) is 70.7 Å². The van der Waals surface area contributed by atoms with Gasteiger partial charge in [-0.2, -0.15) is 4.98 Å². The molecule has 1 amide bonds. The second-order valence-electron chi connectivity index (χ2n) is 7.73. The number of aromatic nitrogens is 3. The maximum atomic E-state index is 13.0. The van der Waals surface area contributed by atoms with Crippen LogP contribution in [0.25, 0.3) is 11.0 Å². The Kier molecular flexibility index (Phi) is 7.65. The number of methoxy groups -OCH3 is 1. The Morgan fingerprint density at radius 2 is 1.67 bits per heavy atom. The molecule has 2 heterocycles. The maximum absolute atomic E-state index is 13.0. The van der Waals surface area contributed by atoms with Crippen LogP contribution in [0.3, 0.4) is 0 Å². The summed E-state index contributed by atoms with van der Waals surface area (Å²) in [6, 6.07) is 19.2. The van der Waals surface area contributed by atoms with Crippen LogP contribution >= 0.6 is 11.8 Å². The van der Waals surface area contributed by atoms with E-state index in [-0.39, 0.29) is 16.8 Å². The lowest BCUT2D eigenvalue weighted by Gasteiger charge is -2.11. The Hall–Kier alpha value is -4.18. The Morgan fingerprint density at radius 3 is 2.28 bits per heavy atom. The molecule has 9 nitrogen and oxygen atoms in total. The monoisotopic (exact) mass is 504 g/mol. The van der Waals surface area contributed by atoms with Gasteiger partial charge in [0.15, 0.2) is 11.8 Å². The van der Waals surface area contributed by atoms with Gasteiger partial charge in [-0.15, -0.1) is 0 Å². The summed E-state index contributed by atoms with van der Waals surface area (Å²) in [5.41, 5.74) is 7.42. The van der Waals surface area contributed by atoms with Crippen molar-refractivity contribution in [2.75, 3.05) is 13.7 Å². The number of rotatable bonds is 10. The predicted molar refractivity (Wildman–Crippen MR) is 134 cm³/mol.